The number of aromatic nitrogens is 2. The number of hydrogen-bond acceptors (Lipinski definition) is 5. The van der Waals surface area contributed by atoms with Gasteiger partial charge in [0, 0.05) is 23.5 Å². The molecule has 10 radical (unpaired) electrons. The SMILES string of the molecule is Nc1nc(N)c2cc(NC[C]3[CH][CH][CH][CH]3)ccc2n1.[CH]1[CH][CH][CH][CH]1.[Fe+2]. The third kappa shape index (κ3) is 5.75. The van der Waals surface area contributed by atoms with E-state index < -0.39 is 0 Å². The van der Waals surface area contributed by atoms with Crippen LogP contribution in [0.25, 0.3) is 10.9 Å². The van der Waals surface area contributed by atoms with Crippen molar-refractivity contribution in [1.82, 2.24) is 9.97 Å². The zero-order valence-electron chi connectivity index (χ0n) is 13.5. The summed E-state index contributed by atoms with van der Waals surface area (Å²) in [6, 6.07) is 5.78. The largest absolute Gasteiger partial charge is 2.00 e. The molecule has 2 fully saturated rings. The first-order chi connectivity index (χ1) is 11.7. The smallest absolute Gasteiger partial charge is 0.384 e. The first-order valence-electron chi connectivity index (χ1n) is 7.66. The van der Waals surface area contributed by atoms with Gasteiger partial charge in [0.2, 0.25) is 5.95 Å². The van der Waals surface area contributed by atoms with Gasteiger partial charge in [0.1, 0.15) is 5.82 Å². The summed E-state index contributed by atoms with van der Waals surface area (Å²) in [6.07, 6.45) is 18.2. The van der Waals surface area contributed by atoms with Gasteiger partial charge in [-0.25, -0.2) is 4.98 Å². The predicted octanol–water partition coefficient (Wildman–Crippen LogP) is 2.63. The number of hydrogen-bond donors (Lipinski definition) is 3. The molecule has 126 valence electrons. The average molecular weight is 373 g/mol. The van der Waals surface area contributed by atoms with Gasteiger partial charge < -0.3 is 16.8 Å². The molecule has 0 amide bonds. The Hall–Kier alpha value is -1.52. The molecule has 0 saturated heterocycles. The van der Waals surface area contributed by atoms with Crippen molar-refractivity contribution >= 4 is 28.4 Å². The number of anilines is 3. The number of fused-ring (bicyclic) bond motifs is 1. The Morgan fingerprint density at radius 1 is 0.840 bits per heavy atom. The molecular formula is C19H19FeN5+2. The predicted molar refractivity (Wildman–Crippen MR) is 98.8 cm³/mol. The molecule has 5 N–H and O–H groups in total. The van der Waals surface area contributed by atoms with Crippen LogP contribution in [0.3, 0.4) is 0 Å². The monoisotopic (exact) mass is 373 g/mol. The summed E-state index contributed by atoms with van der Waals surface area (Å²) in [4.78, 5) is 8.12. The number of rotatable bonds is 3. The molecule has 0 unspecified atom stereocenters. The molecule has 4 rings (SSSR count). The molecule has 1 heterocycles. The van der Waals surface area contributed by atoms with E-state index in [1.807, 2.05) is 63.1 Å². The topological polar surface area (TPSA) is 89.8 Å². The molecule has 0 atom stereocenters. The zero-order chi connectivity index (χ0) is 16.8. The Labute approximate surface area is 160 Å². The number of benzene rings is 1. The van der Waals surface area contributed by atoms with Crippen LogP contribution >= 0.6 is 0 Å². The maximum atomic E-state index is 5.86. The molecule has 0 aliphatic heterocycles. The van der Waals surface area contributed by atoms with Gasteiger partial charge in [-0.15, -0.1) is 0 Å². The fourth-order valence-electron chi connectivity index (χ4n) is 2.34. The Morgan fingerprint density at radius 3 is 2.12 bits per heavy atom. The number of nitrogens with one attached hydrogen (secondary N) is 1. The Morgan fingerprint density at radius 2 is 1.48 bits per heavy atom. The molecule has 2 aromatic rings. The van der Waals surface area contributed by atoms with Crippen molar-refractivity contribution in [1.29, 1.82) is 0 Å². The van der Waals surface area contributed by atoms with Crippen molar-refractivity contribution in [2.24, 2.45) is 0 Å². The van der Waals surface area contributed by atoms with E-state index in [1.165, 1.54) is 5.92 Å². The summed E-state index contributed by atoms with van der Waals surface area (Å²) in [6.45, 7) is 0.772. The number of nitrogens with two attached hydrogens (primary N) is 2. The van der Waals surface area contributed by atoms with Crippen molar-refractivity contribution in [3.63, 3.8) is 0 Å². The van der Waals surface area contributed by atoms with Gasteiger partial charge in [0.05, 0.1) is 5.52 Å². The van der Waals surface area contributed by atoms with Gasteiger partial charge in [-0.05, 0) is 76.0 Å². The van der Waals surface area contributed by atoms with Crippen LogP contribution in [0.5, 0.6) is 0 Å². The van der Waals surface area contributed by atoms with Gasteiger partial charge in [0.15, 0.2) is 0 Å². The van der Waals surface area contributed by atoms with Crippen LogP contribution in [0.2, 0.25) is 0 Å². The van der Waals surface area contributed by atoms with E-state index in [0.717, 1.165) is 23.1 Å². The van der Waals surface area contributed by atoms with Gasteiger partial charge in [-0.2, -0.15) is 4.98 Å². The van der Waals surface area contributed by atoms with E-state index in [2.05, 4.69) is 28.1 Å². The summed E-state index contributed by atoms with van der Waals surface area (Å²) >= 11 is 0. The van der Waals surface area contributed by atoms with Gasteiger partial charge in [-0.3, -0.25) is 0 Å². The Bertz CT molecular complexity index is 659. The van der Waals surface area contributed by atoms with Crippen molar-refractivity contribution in [2.75, 3.05) is 23.3 Å². The van der Waals surface area contributed by atoms with Crippen molar-refractivity contribution in [3.05, 3.63) is 81.9 Å². The number of nitrogen functional groups attached to an aromatic ring is 2. The minimum atomic E-state index is 0. The Kier molecular flexibility index (Phi) is 7.79. The minimum absolute atomic E-state index is 0. The third-order valence-corrected chi connectivity index (χ3v) is 3.53. The van der Waals surface area contributed by atoms with Crippen molar-refractivity contribution in [2.45, 2.75) is 0 Å². The fraction of sp³-hybridized carbons (Fsp3) is 0.0526. The van der Waals surface area contributed by atoms with Gasteiger partial charge in [0.25, 0.3) is 0 Å². The molecule has 0 spiro atoms. The summed E-state index contributed by atoms with van der Waals surface area (Å²) in [5.74, 6) is 1.84. The van der Waals surface area contributed by atoms with E-state index >= 15 is 0 Å². The molecule has 1 aromatic heterocycles. The van der Waals surface area contributed by atoms with Crippen molar-refractivity contribution < 1.29 is 17.1 Å². The third-order valence-electron chi connectivity index (χ3n) is 3.53. The van der Waals surface area contributed by atoms with Crippen LogP contribution in [0.1, 0.15) is 0 Å². The van der Waals surface area contributed by atoms with Gasteiger partial charge >= 0.3 is 17.1 Å². The van der Waals surface area contributed by atoms with E-state index in [4.69, 9.17) is 11.5 Å². The van der Waals surface area contributed by atoms with Crippen LogP contribution in [-0.2, 0) is 17.1 Å². The second-order valence-corrected chi connectivity index (χ2v) is 5.31. The fourth-order valence-corrected chi connectivity index (χ4v) is 2.34. The van der Waals surface area contributed by atoms with E-state index in [1.54, 1.807) is 0 Å². The van der Waals surface area contributed by atoms with Crippen LogP contribution in [0, 0.1) is 63.7 Å². The summed E-state index contributed by atoms with van der Waals surface area (Å²) in [5, 5.41) is 4.15. The molecule has 1 aromatic carbocycles. The van der Waals surface area contributed by atoms with Crippen LogP contribution in [0.4, 0.5) is 17.5 Å². The molecule has 5 nitrogen and oxygen atoms in total. The molecule has 25 heavy (non-hydrogen) atoms. The summed E-state index contributed by atoms with van der Waals surface area (Å²) < 4.78 is 0. The second-order valence-electron chi connectivity index (χ2n) is 5.31. The van der Waals surface area contributed by atoms with Crippen molar-refractivity contribution in [3.8, 4) is 0 Å². The molecule has 2 aliphatic rings. The molecule has 0 bridgehead atoms. The molecular weight excluding hydrogens is 354 g/mol. The van der Waals surface area contributed by atoms with Crippen LogP contribution in [0.15, 0.2) is 18.2 Å². The summed E-state index contributed by atoms with van der Waals surface area (Å²) in [5.41, 5.74) is 13.2. The first kappa shape index (κ1) is 19.8. The second kappa shape index (κ2) is 9.83. The van der Waals surface area contributed by atoms with E-state index in [0.29, 0.717) is 5.82 Å². The van der Waals surface area contributed by atoms with E-state index in [9.17, 15) is 0 Å². The normalized spacial score (nSPS) is 17.0. The Balaban J connectivity index is 0.000000325. The average Bonchev–Trinajstić information content (AvgIpc) is 3.29. The maximum absolute atomic E-state index is 5.86. The maximum Gasteiger partial charge on any atom is 2.00 e. The molecule has 2 saturated carbocycles. The van der Waals surface area contributed by atoms with Crippen LogP contribution < -0.4 is 16.8 Å². The van der Waals surface area contributed by atoms with E-state index in [-0.39, 0.29) is 23.0 Å². The minimum Gasteiger partial charge on any atom is -0.384 e. The zero-order valence-corrected chi connectivity index (χ0v) is 14.6. The summed E-state index contributed by atoms with van der Waals surface area (Å²) in [7, 11) is 0. The quantitative estimate of drug-likeness (QED) is 0.720. The van der Waals surface area contributed by atoms with Crippen LogP contribution in [-0.4, -0.2) is 16.5 Å². The molecule has 6 heteroatoms. The standard InChI is InChI=1S/C14H14N5.C5H5.Fe/c15-13-11-7-10(17-8-9-3-1-2-4-9)5-6-12(11)18-14(16)19-13;1-2-4-5-3-1;/h1-7,17H,8H2,(H4,15,16,18,19);1-5H;/q;;+2. The number of nitrogens with zero attached hydrogens (tertiary/aromatic N) is 2. The molecule has 2 aliphatic carbocycles. The first-order valence-corrected chi connectivity index (χ1v) is 7.66. The van der Waals surface area contributed by atoms with Gasteiger partial charge in [-0.1, -0.05) is 0 Å².